The van der Waals surface area contributed by atoms with E-state index < -0.39 is 0 Å². The van der Waals surface area contributed by atoms with Gasteiger partial charge in [0, 0.05) is 24.5 Å². The summed E-state index contributed by atoms with van der Waals surface area (Å²) < 4.78 is 0. The van der Waals surface area contributed by atoms with Crippen molar-refractivity contribution in [1.82, 2.24) is 15.5 Å². The molecule has 2 aliphatic rings. The van der Waals surface area contributed by atoms with E-state index in [2.05, 4.69) is 36.3 Å². The van der Waals surface area contributed by atoms with Gasteiger partial charge >= 0.3 is 0 Å². The van der Waals surface area contributed by atoms with Crippen LogP contribution in [-0.4, -0.2) is 48.6 Å². The topological polar surface area (TPSA) is 44.4 Å². The van der Waals surface area contributed by atoms with Gasteiger partial charge in [-0.2, -0.15) is 0 Å². The molecular formula is C18H35N3O. The molecule has 128 valence electrons. The van der Waals surface area contributed by atoms with Crippen molar-refractivity contribution in [2.45, 2.75) is 83.8 Å². The fraction of sp³-hybridized carbons (Fsp3) is 0.944. The Balaban J connectivity index is 1.60. The summed E-state index contributed by atoms with van der Waals surface area (Å²) in [5.41, 5.74) is 0. The van der Waals surface area contributed by atoms with E-state index in [-0.39, 0.29) is 5.91 Å². The molecule has 3 unspecified atom stereocenters. The second-order valence-corrected chi connectivity index (χ2v) is 7.32. The zero-order valence-corrected chi connectivity index (χ0v) is 14.7. The summed E-state index contributed by atoms with van der Waals surface area (Å²) in [5.74, 6) is 0.864. The molecule has 0 saturated carbocycles. The fourth-order valence-electron chi connectivity index (χ4n) is 4.17. The SMILES string of the molecule is CCN(CC)CCCC(C)NC(=O)CC1CC2CCC(C1)N2. The predicted molar refractivity (Wildman–Crippen MR) is 91.9 cm³/mol. The highest BCUT2D eigenvalue weighted by molar-refractivity contribution is 5.76. The van der Waals surface area contributed by atoms with Crippen molar-refractivity contribution in [2.75, 3.05) is 19.6 Å². The molecule has 2 N–H and O–H groups in total. The standard InChI is InChI=1S/C18H35N3O/c1-4-21(5-2)10-6-7-14(3)19-18(22)13-15-11-16-8-9-17(12-15)20-16/h14-17,20H,4-13H2,1-3H3,(H,19,22). The Kier molecular flexibility index (Phi) is 7.16. The van der Waals surface area contributed by atoms with Crippen LogP contribution in [0.5, 0.6) is 0 Å². The minimum absolute atomic E-state index is 0.265. The van der Waals surface area contributed by atoms with Crippen LogP contribution >= 0.6 is 0 Å². The lowest BCUT2D eigenvalue weighted by molar-refractivity contribution is -0.122. The van der Waals surface area contributed by atoms with E-state index in [1.54, 1.807) is 0 Å². The van der Waals surface area contributed by atoms with E-state index in [4.69, 9.17) is 0 Å². The number of rotatable bonds is 9. The fourth-order valence-corrected chi connectivity index (χ4v) is 4.17. The van der Waals surface area contributed by atoms with Gasteiger partial charge in [-0.1, -0.05) is 13.8 Å². The third kappa shape index (κ3) is 5.54. The molecule has 0 aromatic rings. The van der Waals surface area contributed by atoms with Gasteiger partial charge in [0.05, 0.1) is 0 Å². The van der Waals surface area contributed by atoms with Gasteiger partial charge in [0.25, 0.3) is 0 Å². The second kappa shape index (κ2) is 8.88. The Labute approximate surface area is 136 Å². The summed E-state index contributed by atoms with van der Waals surface area (Å²) >= 11 is 0. The van der Waals surface area contributed by atoms with Crippen LogP contribution in [0.1, 0.15) is 65.7 Å². The van der Waals surface area contributed by atoms with Gasteiger partial charge in [-0.15, -0.1) is 0 Å². The number of amides is 1. The lowest BCUT2D eigenvalue weighted by Crippen LogP contribution is -2.41. The number of nitrogens with zero attached hydrogens (tertiary/aromatic N) is 1. The summed E-state index contributed by atoms with van der Waals surface area (Å²) in [6, 6.07) is 1.67. The second-order valence-electron chi connectivity index (χ2n) is 7.32. The van der Waals surface area contributed by atoms with Crippen molar-refractivity contribution in [3.8, 4) is 0 Å². The number of piperidine rings is 1. The third-order valence-corrected chi connectivity index (χ3v) is 5.46. The number of hydrogen-bond acceptors (Lipinski definition) is 3. The molecule has 2 saturated heterocycles. The Hall–Kier alpha value is -0.610. The Morgan fingerprint density at radius 2 is 1.86 bits per heavy atom. The van der Waals surface area contributed by atoms with E-state index in [9.17, 15) is 4.79 Å². The maximum absolute atomic E-state index is 12.2. The van der Waals surface area contributed by atoms with Gasteiger partial charge in [0.2, 0.25) is 5.91 Å². The van der Waals surface area contributed by atoms with Crippen LogP contribution in [0.15, 0.2) is 0 Å². The van der Waals surface area contributed by atoms with E-state index in [0.29, 0.717) is 24.0 Å². The molecule has 1 amide bonds. The van der Waals surface area contributed by atoms with E-state index in [1.165, 1.54) is 32.1 Å². The third-order valence-electron chi connectivity index (χ3n) is 5.46. The molecule has 2 heterocycles. The van der Waals surface area contributed by atoms with Crippen LogP contribution in [0.4, 0.5) is 0 Å². The van der Waals surface area contributed by atoms with Crippen LogP contribution in [0, 0.1) is 5.92 Å². The number of fused-ring (bicyclic) bond motifs is 2. The lowest BCUT2D eigenvalue weighted by atomic mass is 9.89. The van der Waals surface area contributed by atoms with Gasteiger partial charge in [-0.3, -0.25) is 4.79 Å². The summed E-state index contributed by atoms with van der Waals surface area (Å²) in [6.07, 6.45) is 7.99. The Morgan fingerprint density at radius 3 is 2.45 bits per heavy atom. The van der Waals surface area contributed by atoms with Crippen molar-refractivity contribution < 1.29 is 4.79 Å². The molecule has 0 radical (unpaired) electrons. The average Bonchev–Trinajstić information content (AvgIpc) is 2.82. The summed E-state index contributed by atoms with van der Waals surface area (Å²) in [6.45, 7) is 9.95. The molecule has 0 spiro atoms. The number of carbonyl (C=O) groups is 1. The first-order valence-electron chi connectivity index (χ1n) is 9.38. The summed E-state index contributed by atoms with van der Waals surface area (Å²) in [7, 11) is 0. The zero-order chi connectivity index (χ0) is 15.9. The van der Waals surface area contributed by atoms with Gasteiger partial charge < -0.3 is 15.5 Å². The van der Waals surface area contributed by atoms with Gasteiger partial charge in [-0.25, -0.2) is 0 Å². The van der Waals surface area contributed by atoms with E-state index in [0.717, 1.165) is 32.5 Å². The molecule has 22 heavy (non-hydrogen) atoms. The normalized spacial score (nSPS) is 28.8. The van der Waals surface area contributed by atoms with Crippen LogP contribution in [0.2, 0.25) is 0 Å². The molecule has 2 fully saturated rings. The molecule has 2 rings (SSSR count). The quantitative estimate of drug-likeness (QED) is 0.688. The highest BCUT2D eigenvalue weighted by atomic mass is 16.1. The highest BCUT2D eigenvalue weighted by Gasteiger charge is 2.34. The summed E-state index contributed by atoms with van der Waals surface area (Å²) in [4.78, 5) is 14.7. The molecule has 0 aliphatic carbocycles. The number of nitrogens with one attached hydrogen (secondary N) is 2. The molecule has 0 aromatic carbocycles. The summed E-state index contributed by atoms with van der Waals surface area (Å²) in [5, 5.41) is 6.86. The molecule has 0 aromatic heterocycles. The maximum Gasteiger partial charge on any atom is 0.220 e. The Morgan fingerprint density at radius 1 is 1.23 bits per heavy atom. The van der Waals surface area contributed by atoms with E-state index in [1.807, 2.05) is 0 Å². The number of carbonyl (C=O) groups excluding carboxylic acids is 1. The zero-order valence-electron chi connectivity index (χ0n) is 14.7. The smallest absolute Gasteiger partial charge is 0.220 e. The minimum atomic E-state index is 0.265. The highest BCUT2D eigenvalue weighted by Crippen LogP contribution is 2.32. The minimum Gasteiger partial charge on any atom is -0.354 e. The van der Waals surface area contributed by atoms with Gasteiger partial charge in [0.1, 0.15) is 0 Å². The van der Waals surface area contributed by atoms with Crippen LogP contribution in [0.25, 0.3) is 0 Å². The molecule has 4 heteroatoms. The molecule has 4 nitrogen and oxygen atoms in total. The molecule has 2 bridgehead atoms. The first-order chi connectivity index (χ1) is 10.6. The van der Waals surface area contributed by atoms with E-state index >= 15 is 0 Å². The van der Waals surface area contributed by atoms with Crippen LogP contribution in [0.3, 0.4) is 0 Å². The monoisotopic (exact) mass is 309 g/mol. The van der Waals surface area contributed by atoms with Crippen molar-refractivity contribution in [3.05, 3.63) is 0 Å². The maximum atomic E-state index is 12.2. The Bertz CT molecular complexity index is 331. The first-order valence-corrected chi connectivity index (χ1v) is 9.38. The number of hydrogen-bond donors (Lipinski definition) is 2. The first kappa shape index (κ1) is 17.7. The van der Waals surface area contributed by atoms with Crippen molar-refractivity contribution >= 4 is 5.91 Å². The van der Waals surface area contributed by atoms with Crippen LogP contribution < -0.4 is 10.6 Å². The largest absolute Gasteiger partial charge is 0.354 e. The molecular weight excluding hydrogens is 274 g/mol. The van der Waals surface area contributed by atoms with Crippen LogP contribution in [-0.2, 0) is 4.79 Å². The average molecular weight is 309 g/mol. The van der Waals surface area contributed by atoms with Crippen molar-refractivity contribution in [1.29, 1.82) is 0 Å². The van der Waals surface area contributed by atoms with Gasteiger partial charge in [-0.05, 0) is 71.0 Å². The van der Waals surface area contributed by atoms with Crippen molar-refractivity contribution in [3.63, 3.8) is 0 Å². The van der Waals surface area contributed by atoms with Crippen molar-refractivity contribution in [2.24, 2.45) is 5.92 Å². The molecule has 3 atom stereocenters. The predicted octanol–water partition coefficient (Wildman–Crippen LogP) is 2.53. The lowest BCUT2D eigenvalue weighted by Gasteiger charge is -2.29. The molecule has 2 aliphatic heterocycles. The van der Waals surface area contributed by atoms with Gasteiger partial charge in [0.15, 0.2) is 0 Å².